The van der Waals surface area contributed by atoms with Crippen LogP contribution in [-0.2, 0) is 0 Å². The number of hydrogen-bond donors (Lipinski definition) is 1. The first kappa shape index (κ1) is 9.40. The zero-order valence-corrected chi connectivity index (χ0v) is 7.59. The van der Waals surface area contributed by atoms with E-state index >= 15 is 0 Å². The summed E-state index contributed by atoms with van der Waals surface area (Å²) in [6.45, 7) is 0.434. The summed E-state index contributed by atoms with van der Waals surface area (Å²) in [5, 5.41) is 0. The summed E-state index contributed by atoms with van der Waals surface area (Å²) in [4.78, 5) is 0. The molecule has 2 nitrogen and oxygen atoms in total. The molecule has 1 atom stereocenters. The largest absolute Gasteiger partial charge is 0.490 e. The number of rotatable bonds is 0. The normalized spacial score (nSPS) is 20.9. The number of ether oxygens (including phenoxy) is 1. The van der Waals surface area contributed by atoms with Crippen LogP contribution in [0.2, 0.25) is 0 Å². The van der Waals surface area contributed by atoms with Gasteiger partial charge in [-0.3, -0.25) is 0 Å². The van der Waals surface area contributed by atoms with Crippen LogP contribution in [0.4, 0.5) is 8.78 Å². The summed E-state index contributed by atoms with van der Waals surface area (Å²) >= 11 is 0. The summed E-state index contributed by atoms with van der Waals surface area (Å²) in [5.41, 5.74) is 6.20. The van der Waals surface area contributed by atoms with Crippen molar-refractivity contribution in [3.63, 3.8) is 0 Å². The molecule has 0 radical (unpaired) electrons. The molecular weight excluding hydrogens is 188 g/mol. The van der Waals surface area contributed by atoms with Crippen molar-refractivity contribution >= 4 is 0 Å². The van der Waals surface area contributed by atoms with Crippen LogP contribution in [0.1, 0.15) is 24.4 Å². The van der Waals surface area contributed by atoms with Crippen LogP contribution in [0.5, 0.6) is 5.75 Å². The number of fused-ring (bicyclic) bond motifs is 1. The maximum atomic E-state index is 13.3. The quantitative estimate of drug-likeness (QED) is 0.694. The number of halogens is 2. The first-order valence-corrected chi connectivity index (χ1v) is 4.56. The number of hydrogen-bond acceptors (Lipinski definition) is 2. The molecule has 2 rings (SSSR count). The molecule has 0 fully saturated rings. The second kappa shape index (κ2) is 3.53. The van der Waals surface area contributed by atoms with Gasteiger partial charge in [0.25, 0.3) is 0 Å². The molecule has 76 valence electrons. The van der Waals surface area contributed by atoms with Gasteiger partial charge < -0.3 is 10.5 Å². The molecular formula is C10H11F2NO. The molecule has 1 aliphatic rings. The molecule has 0 aromatic heterocycles. The van der Waals surface area contributed by atoms with Crippen LogP contribution >= 0.6 is 0 Å². The Bertz CT molecular complexity index is 354. The van der Waals surface area contributed by atoms with E-state index in [9.17, 15) is 8.78 Å². The fraction of sp³-hybridized carbons (Fsp3) is 0.400. The van der Waals surface area contributed by atoms with Crippen molar-refractivity contribution in [3.05, 3.63) is 29.3 Å². The highest BCUT2D eigenvalue weighted by molar-refractivity contribution is 5.38. The summed E-state index contributed by atoms with van der Waals surface area (Å²) < 4.78 is 31.4. The highest BCUT2D eigenvalue weighted by Gasteiger charge is 2.20. The van der Waals surface area contributed by atoms with Gasteiger partial charge in [0.1, 0.15) is 5.82 Å². The lowest BCUT2D eigenvalue weighted by molar-refractivity contribution is 0.300. The van der Waals surface area contributed by atoms with Gasteiger partial charge in [-0.2, -0.15) is 0 Å². The van der Waals surface area contributed by atoms with Gasteiger partial charge in [-0.05, 0) is 18.9 Å². The summed E-state index contributed by atoms with van der Waals surface area (Å²) in [6.07, 6.45) is 1.45. The van der Waals surface area contributed by atoms with Crippen molar-refractivity contribution in [1.82, 2.24) is 0 Å². The van der Waals surface area contributed by atoms with Crippen LogP contribution in [0.3, 0.4) is 0 Å². The van der Waals surface area contributed by atoms with E-state index in [2.05, 4.69) is 0 Å². The second-order valence-electron chi connectivity index (χ2n) is 3.40. The smallest absolute Gasteiger partial charge is 0.168 e. The standard InChI is InChI=1S/C10H11F2NO/c11-6-4-7-9(13)2-1-3-14-10(7)8(12)5-6/h4-5,9H,1-3,13H2/t9-/m1/s1. The maximum absolute atomic E-state index is 13.3. The summed E-state index contributed by atoms with van der Waals surface area (Å²) in [5.74, 6) is -1.17. The van der Waals surface area contributed by atoms with Crippen LogP contribution in [0.15, 0.2) is 12.1 Å². The molecule has 0 aliphatic carbocycles. The van der Waals surface area contributed by atoms with Gasteiger partial charge in [0.2, 0.25) is 0 Å². The highest BCUT2D eigenvalue weighted by Crippen LogP contribution is 2.32. The molecule has 0 amide bonds. The molecule has 1 aromatic carbocycles. The molecule has 2 N–H and O–H groups in total. The van der Waals surface area contributed by atoms with Crippen molar-refractivity contribution < 1.29 is 13.5 Å². The fourth-order valence-corrected chi connectivity index (χ4v) is 1.64. The summed E-state index contributed by atoms with van der Waals surface area (Å²) in [7, 11) is 0. The molecule has 0 spiro atoms. The molecule has 1 heterocycles. The van der Waals surface area contributed by atoms with Crippen LogP contribution < -0.4 is 10.5 Å². The Balaban J connectivity index is 2.53. The summed E-state index contributed by atoms with van der Waals surface area (Å²) in [6, 6.07) is 1.73. The Hall–Kier alpha value is -1.16. The van der Waals surface area contributed by atoms with Crippen LogP contribution in [0, 0.1) is 11.6 Å². The lowest BCUT2D eigenvalue weighted by Gasteiger charge is -2.12. The average molecular weight is 199 g/mol. The monoisotopic (exact) mass is 199 g/mol. The minimum absolute atomic E-state index is 0.108. The van der Waals surface area contributed by atoms with Crippen molar-refractivity contribution in [2.75, 3.05) is 6.61 Å². The van der Waals surface area contributed by atoms with Gasteiger partial charge in [0, 0.05) is 17.7 Å². The van der Waals surface area contributed by atoms with E-state index < -0.39 is 11.6 Å². The zero-order valence-electron chi connectivity index (χ0n) is 7.59. The van der Waals surface area contributed by atoms with Gasteiger partial charge in [-0.25, -0.2) is 8.78 Å². The van der Waals surface area contributed by atoms with E-state index in [1.165, 1.54) is 6.07 Å². The van der Waals surface area contributed by atoms with E-state index in [-0.39, 0.29) is 11.8 Å². The van der Waals surface area contributed by atoms with Gasteiger partial charge in [-0.15, -0.1) is 0 Å². The third-order valence-electron chi connectivity index (χ3n) is 2.34. The Morgan fingerprint density at radius 1 is 1.36 bits per heavy atom. The molecule has 0 unspecified atom stereocenters. The molecule has 0 bridgehead atoms. The van der Waals surface area contributed by atoms with Gasteiger partial charge in [-0.1, -0.05) is 0 Å². The Morgan fingerprint density at radius 2 is 2.14 bits per heavy atom. The number of nitrogens with two attached hydrogens (primary N) is 1. The predicted octanol–water partition coefficient (Wildman–Crippen LogP) is 2.14. The minimum Gasteiger partial charge on any atom is -0.490 e. The molecule has 1 aliphatic heterocycles. The zero-order chi connectivity index (χ0) is 10.1. The molecule has 14 heavy (non-hydrogen) atoms. The van der Waals surface area contributed by atoms with Gasteiger partial charge in [0.15, 0.2) is 11.6 Å². The van der Waals surface area contributed by atoms with Crippen molar-refractivity contribution in [3.8, 4) is 5.75 Å². The predicted molar refractivity (Wildman–Crippen MR) is 48.0 cm³/mol. The van der Waals surface area contributed by atoms with Crippen molar-refractivity contribution in [1.29, 1.82) is 0 Å². The Morgan fingerprint density at radius 3 is 2.93 bits per heavy atom. The first-order chi connectivity index (χ1) is 6.68. The SMILES string of the molecule is N[C@@H]1CCCOc2c(F)cc(F)cc21. The lowest BCUT2D eigenvalue weighted by Crippen LogP contribution is -2.10. The van der Waals surface area contributed by atoms with E-state index in [1.54, 1.807) is 0 Å². The Kier molecular flexibility index (Phi) is 2.37. The fourth-order valence-electron chi connectivity index (χ4n) is 1.64. The maximum Gasteiger partial charge on any atom is 0.168 e. The topological polar surface area (TPSA) is 35.2 Å². The first-order valence-electron chi connectivity index (χ1n) is 4.56. The second-order valence-corrected chi connectivity index (χ2v) is 3.40. The lowest BCUT2D eigenvalue weighted by atomic mass is 10.0. The minimum atomic E-state index is -0.669. The molecule has 4 heteroatoms. The van der Waals surface area contributed by atoms with Crippen LogP contribution in [-0.4, -0.2) is 6.61 Å². The third kappa shape index (κ3) is 1.57. The molecule has 0 saturated carbocycles. The van der Waals surface area contributed by atoms with E-state index in [1.807, 2.05) is 0 Å². The molecule has 1 aromatic rings. The van der Waals surface area contributed by atoms with E-state index in [0.29, 0.717) is 18.6 Å². The van der Waals surface area contributed by atoms with Crippen LogP contribution in [0.25, 0.3) is 0 Å². The Labute approximate surface area is 80.7 Å². The number of benzene rings is 1. The van der Waals surface area contributed by atoms with Gasteiger partial charge >= 0.3 is 0 Å². The highest BCUT2D eigenvalue weighted by atomic mass is 19.1. The molecule has 0 saturated heterocycles. The van der Waals surface area contributed by atoms with E-state index in [4.69, 9.17) is 10.5 Å². The third-order valence-corrected chi connectivity index (χ3v) is 2.34. The van der Waals surface area contributed by atoms with Gasteiger partial charge in [0.05, 0.1) is 6.61 Å². The van der Waals surface area contributed by atoms with E-state index in [0.717, 1.165) is 12.5 Å². The van der Waals surface area contributed by atoms with Crippen molar-refractivity contribution in [2.24, 2.45) is 5.73 Å². The van der Waals surface area contributed by atoms with Crippen molar-refractivity contribution in [2.45, 2.75) is 18.9 Å². The average Bonchev–Trinajstić information content (AvgIpc) is 2.29.